The van der Waals surface area contributed by atoms with Crippen LogP contribution in [0.2, 0.25) is 5.28 Å². The number of aromatic nitrogens is 3. The van der Waals surface area contributed by atoms with Crippen molar-refractivity contribution in [1.29, 1.82) is 0 Å². The first-order valence-electron chi connectivity index (χ1n) is 6.43. The summed E-state index contributed by atoms with van der Waals surface area (Å²) in [5.74, 6) is -0.982. The van der Waals surface area contributed by atoms with Gasteiger partial charge in [0.25, 0.3) is 0 Å². The van der Waals surface area contributed by atoms with Gasteiger partial charge in [-0.15, -0.1) is 0 Å². The molecule has 22 heavy (non-hydrogen) atoms. The van der Waals surface area contributed by atoms with Crippen molar-refractivity contribution in [3.05, 3.63) is 53.1 Å². The van der Waals surface area contributed by atoms with Gasteiger partial charge in [0.1, 0.15) is 11.4 Å². The topological polar surface area (TPSA) is 88.0 Å². The van der Waals surface area contributed by atoms with E-state index < -0.39 is 5.97 Å². The van der Waals surface area contributed by atoms with Gasteiger partial charge in [-0.1, -0.05) is 6.07 Å². The van der Waals surface area contributed by atoms with Gasteiger partial charge in [-0.05, 0) is 42.8 Å². The Morgan fingerprint density at radius 3 is 2.82 bits per heavy atom. The van der Waals surface area contributed by atoms with Crippen LogP contribution >= 0.6 is 11.6 Å². The number of pyridine rings is 1. The highest BCUT2D eigenvalue weighted by molar-refractivity contribution is 6.28. The molecule has 0 atom stereocenters. The number of hydrogen-bond acceptors (Lipinski definition) is 5. The largest absolute Gasteiger partial charge is 0.477 e. The molecule has 0 unspecified atom stereocenters. The van der Waals surface area contributed by atoms with E-state index in [1.807, 2.05) is 31.2 Å². The second kappa shape index (κ2) is 5.57. The number of aromatic carboxylic acids is 1. The van der Waals surface area contributed by atoms with Gasteiger partial charge in [0.15, 0.2) is 0 Å². The number of carboxylic acids is 1. The average molecular weight is 315 g/mol. The normalized spacial score (nSPS) is 10.6. The van der Waals surface area contributed by atoms with Crippen molar-refractivity contribution >= 4 is 40.0 Å². The molecule has 0 aliphatic heterocycles. The van der Waals surface area contributed by atoms with Crippen LogP contribution in [0.1, 0.15) is 16.1 Å². The summed E-state index contributed by atoms with van der Waals surface area (Å²) in [7, 11) is 0. The predicted molar refractivity (Wildman–Crippen MR) is 83.8 cm³/mol. The van der Waals surface area contributed by atoms with Gasteiger partial charge in [-0.25, -0.2) is 9.78 Å². The van der Waals surface area contributed by atoms with E-state index >= 15 is 0 Å². The lowest BCUT2D eigenvalue weighted by molar-refractivity contribution is 0.0697. The van der Waals surface area contributed by atoms with Crippen molar-refractivity contribution in [1.82, 2.24) is 15.0 Å². The van der Waals surface area contributed by atoms with Crippen LogP contribution in [0.15, 0.2) is 36.5 Å². The highest BCUT2D eigenvalue weighted by Gasteiger charge is 2.13. The second-order valence-corrected chi connectivity index (χ2v) is 5.03. The number of benzene rings is 1. The molecule has 0 fully saturated rings. The minimum atomic E-state index is -1.13. The molecule has 2 N–H and O–H groups in total. The molecule has 0 spiro atoms. The number of carboxylic acid groups (broad SMARTS) is 1. The van der Waals surface area contributed by atoms with Crippen molar-refractivity contribution in [2.75, 3.05) is 5.32 Å². The molecule has 0 aliphatic rings. The minimum absolute atomic E-state index is 0.0226. The lowest BCUT2D eigenvalue weighted by Gasteiger charge is -2.09. The Hall–Kier alpha value is -2.73. The van der Waals surface area contributed by atoms with Gasteiger partial charge >= 0.3 is 5.97 Å². The van der Waals surface area contributed by atoms with Crippen LogP contribution in [-0.4, -0.2) is 26.0 Å². The van der Waals surface area contributed by atoms with Crippen molar-refractivity contribution in [3.63, 3.8) is 0 Å². The summed E-state index contributed by atoms with van der Waals surface area (Å²) in [6.45, 7) is 1.92. The summed E-state index contributed by atoms with van der Waals surface area (Å²) in [5, 5.41) is 13.0. The van der Waals surface area contributed by atoms with Crippen LogP contribution in [0, 0.1) is 6.92 Å². The van der Waals surface area contributed by atoms with Gasteiger partial charge in [-0.2, -0.15) is 4.98 Å². The lowest BCUT2D eigenvalue weighted by atomic mass is 10.2. The highest BCUT2D eigenvalue weighted by Crippen LogP contribution is 2.23. The lowest BCUT2D eigenvalue weighted by Crippen LogP contribution is -2.06. The van der Waals surface area contributed by atoms with Crippen LogP contribution in [0.3, 0.4) is 0 Å². The fraction of sp³-hybridized carbons (Fsp3) is 0.0667. The number of aryl methyl sites for hydroxylation is 1. The third-order valence-electron chi connectivity index (χ3n) is 3.08. The zero-order valence-corrected chi connectivity index (χ0v) is 12.3. The molecule has 3 aromatic rings. The van der Waals surface area contributed by atoms with E-state index in [0.717, 1.165) is 16.6 Å². The Bertz CT molecular complexity index is 883. The highest BCUT2D eigenvalue weighted by atomic mass is 35.5. The summed E-state index contributed by atoms with van der Waals surface area (Å²) in [6.07, 6.45) is 1.17. The number of hydrogen-bond donors (Lipinski definition) is 2. The molecular formula is C15H11ClN4O2. The molecular weight excluding hydrogens is 304 g/mol. The predicted octanol–water partition coefficient (Wildman–Crippen LogP) is 3.43. The van der Waals surface area contributed by atoms with E-state index in [1.165, 1.54) is 6.20 Å². The zero-order chi connectivity index (χ0) is 15.7. The van der Waals surface area contributed by atoms with Gasteiger partial charge in [-0.3, -0.25) is 4.98 Å². The third kappa shape index (κ3) is 2.82. The molecule has 2 heterocycles. The number of nitrogens with one attached hydrogen (secondary N) is 1. The van der Waals surface area contributed by atoms with E-state index in [9.17, 15) is 4.79 Å². The minimum Gasteiger partial charge on any atom is -0.477 e. The molecule has 110 valence electrons. The summed E-state index contributed by atoms with van der Waals surface area (Å²) in [5.41, 5.74) is 2.44. The first-order valence-corrected chi connectivity index (χ1v) is 6.81. The van der Waals surface area contributed by atoms with Gasteiger partial charge < -0.3 is 10.4 Å². The molecule has 0 saturated carbocycles. The summed E-state index contributed by atoms with van der Waals surface area (Å²) >= 11 is 5.74. The number of halogens is 1. The smallest absolute Gasteiger partial charge is 0.341 e. The SMILES string of the molecule is Cc1ccc2cc(Nc3nc(Cl)ncc3C(=O)O)ccc2n1. The Labute approximate surface area is 130 Å². The monoisotopic (exact) mass is 314 g/mol. The maximum Gasteiger partial charge on any atom is 0.341 e. The molecule has 0 saturated heterocycles. The van der Waals surface area contributed by atoms with Gasteiger partial charge in [0, 0.05) is 23.0 Å². The molecule has 6 nitrogen and oxygen atoms in total. The number of rotatable bonds is 3. The first-order chi connectivity index (χ1) is 10.5. The van der Waals surface area contributed by atoms with E-state index in [0.29, 0.717) is 5.69 Å². The zero-order valence-electron chi connectivity index (χ0n) is 11.5. The first kappa shape index (κ1) is 14.2. The Balaban J connectivity index is 2.01. The molecule has 7 heteroatoms. The number of fused-ring (bicyclic) bond motifs is 1. The van der Waals surface area contributed by atoms with E-state index in [4.69, 9.17) is 16.7 Å². The quantitative estimate of drug-likeness (QED) is 0.720. The molecule has 2 aromatic heterocycles. The van der Waals surface area contributed by atoms with E-state index in [-0.39, 0.29) is 16.7 Å². The standard InChI is InChI=1S/C15H11ClN4O2/c1-8-2-3-9-6-10(4-5-12(9)18-8)19-13-11(14(21)22)7-17-15(16)20-13/h2-7H,1H3,(H,21,22)(H,17,19,20). The Kier molecular flexibility index (Phi) is 3.60. The Morgan fingerprint density at radius 2 is 2.05 bits per heavy atom. The van der Waals surface area contributed by atoms with Crippen LogP contribution in [0.5, 0.6) is 0 Å². The molecule has 1 aromatic carbocycles. The number of anilines is 2. The third-order valence-corrected chi connectivity index (χ3v) is 3.26. The Morgan fingerprint density at radius 1 is 1.23 bits per heavy atom. The molecule has 3 rings (SSSR count). The summed E-state index contributed by atoms with van der Waals surface area (Å²) < 4.78 is 0. The fourth-order valence-corrected chi connectivity index (χ4v) is 2.19. The molecule has 0 amide bonds. The molecule has 0 radical (unpaired) electrons. The second-order valence-electron chi connectivity index (χ2n) is 4.69. The van der Waals surface area contributed by atoms with Crippen molar-refractivity contribution in [3.8, 4) is 0 Å². The summed E-state index contributed by atoms with van der Waals surface area (Å²) in [4.78, 5) is 23.2. The van der Waals surface area contributed by atoms with Crippen molar-refractivity contribution in [2.24, 2.45) is 0 Å². The number of carbonyl (C=O) groups is 1. The van der Waals surface area contributed by atoms with Gasteiger partial charge in [0.05, 0.1) is 5.52 Å². The van der Waals surface area contributed by atoms with Crippen LogP contribution in [-0.2, 0) is 0 Å². The maximum atomic E-state index is 11.2. The summed E-state index contributed by atoms with van der Waals surface area (Å²) in [6, 6.07) is 9.39. The van der Waals surface area contributed by atoms with Crippen molar-refractivity contribution < 1.29 is 9.90 Å². The van der Waals surface area contributed by atoms with Crippen LogP contribution in [0.25, 0.3) is 10.9 Å². The number of nitrogens with zero attached hydrogens (tertiary/aromatic N) is 3. The fourth-order valence-electron chi connectivity index (χ4n) is 2.05. The van der Waals surface area contributed by atoms with Gasteiger partial charge in [0.2, 0.25) is 5.28 Å². The van der Waals surface area contributed by atoms with Crippen molar-refractivity contribution in [2.45, 2.75) is 6.92 Å². The average Bonchev–Trinajstić information content (AvgIpc) is 2.47. The van der Waals surface area contributed by atoms with Crippen LogP contribution in [0.4, 0.5) is 11.5 Å². The van der Waals surface area contributed by atoms with Crippen LogP contribution < -0.4 is 5.32 Å². The maximum absolute atomic E-state index is 11.2. The van der Waals surface area contributed by atoms with E-state index in [1.54, 1.807) is 6.07 Å². The molecule has 0 aliphatic carbocycles. The molecule has 0 bridgehead atoms. The van der Waals surface area contributed by atoms with E-state index in [2.05, 4.69) is 20.3 Å².